The molecule has 0 aliphatic carbocycles. The van der Waals surface area contributed by atoms with Gasteiger partial charge in [-0.2, -0.15) is 15.0 Å². The molecule has 8 heteroatoms. The van der Waals surface area contributed by atoms with Crippen molar-refractivity contribution in [3.63, 3.8) is 0 Å². The monoisotopic (exact) mass is 210 g/mol. The molecule has 0 aliphatic heterocycles. The van der Waals surface area contributed by atoms with Gasteiger partial charge in [0, 0.05) is 12.8 Å². The lowest BCUT2D eigenvalue weighted by Gasteiger charge is -2.02. The molecular weight excluding hydrogens is 200 g/mol. The fourth-order valence-corrected chi connectivity index (χ4v) is 0.842. The molecule has 1 aromatic heterocycles. The Hall–Kier alpha value is -2.25. The molecule has 15 heavy (non-hydrogen) atoms. The van der Waals surface area contributed by atoms with E-state index in [1.807, 2.05) is 0 Å². The molecule has 8 nitrogen and oxygen atoms in total. The number of carbonyl (C=O) groups excluding carboxylic acids is 2. The van der Waals surface area contributed by atoms with E-state index in [4.69, 9.17) is 11.5 Å². The van der Waals surface area contributed by atoms with E-state index >= 15 is 0 Å². The van der Waals surface area contributed by atoms with Gasteiger partial charge < -0.3 is 16.3 Å². The van der Waals surface area contributed by atoms with Gasteiger partial charge in [0.05, 0.1) is 0 Å². The number of nitrogens with zero attached hydrogens (tertiary/aromatic N) is 3. The number of hydrogen-bond acceptors (Lipinski definition) is 7. The van der Waals surface area contributed by atoms with Gasteiger partial charge in [0.25, 0.3) is 0 Å². The van der Waals surface area contributed by atoms with Crippen LogP contribution >= 0.6 is 0 Å². The van der Waals surface area contributed by atoms with E-state index in [1.54, 1.807) is 0 Å². The van der Waals surface area contributed by atoms with Crippen molar-refractivity contribution >= 4 is 30.0 Å². The van der Waals surface area contributed by atoms with E-state index in [2.05, 4.69) is 20.3 Å². The third kappa shape index (κ3) is 3.55. The number of hydrogen-bond donors (Lipinski definition) is 3. The average Bonchev–Trinajstić information content (AvgIpc) is 2.13. The van der Waals surface area contributed by atoms with Gasteiger partial charge in [-0.25, -0.2) is 0 Å². The summed E-state index contributed by atoms with van der Waals surface area (Å²) in [5, 5.41) is 2.34. The first-order valence-corrected chi connectivity index (χ1v) is 4.12. The lowest BCUT2D eigenvalue weighted by atomic mass is 10.3. The number of nitrogens with one attached hydrogen (secondary N) is 1. The Morgan fingerprint density at radius 3 is 2.40 bits per heavy atom. The van der Waals surface area contributed by atoms with Gasteiger partial charge in [-0.15, -0.1) is 0 Å². The number of anilines is 3. The first-order chi connectivity index (χ1) is 7.11. The third-order valence-electron chi connectivity index (χ3n) is 1.41. The van der Waals surface area contributed by atoms with Crippen LogP contribution in [-0.2, 0) is 9.59 Å². The predicted octanol–water partition coefficient (Wildman–Crippen LogP) is -1.05. The summed E-state index contributed by atoms with van der Waals surface area (Å²) >= 11 is 0. The van der Waals surface area contributed by atoms with E-state index in [1.165, 1.54) is 0 Å². The summed E-state index contributed by atoms with van der Waals surface area (Å²) in [5.41, 5.74) is 10.6. The second-order valence-electron chi connectivity index (χ2n) is 2.63. The standard InChI is InChI=1S/C7H10N6O2/c8-5-11-6(9)13-7(12-5)10-4(15)2-1-3-14/h3H,1-2H2,(H5,8,9,10,11,12,13,15). The second kappa shape index (κ2) is 4.84. The van der Waals surface area contributed by atoms with Gasteiger partial charge in [0.15, 0.2) is 0 Å². The zero-order chi connectivity index (χ0) is 11.3. The Labute approximate surface area is 85.1 Å². The fourth-order valence-electron chi connectivity index (χ4n) is 0.842. The molecule has 80 valence electrons. The summed E-state index contributed by atoms with van der Waals surface area (Å²) in [5.74, 6) is -0.552. The second-order valence-corrected chi connectivity index (χ2v) is 2.63. The largest absolute Gasteiger partial charge is 0.368 e. The molecule has 0 aliphatic rings. The number of aldehydes is 1. The number of carbonyl (C=O) groups is 2. The Morgan fingerprint density at radius 1 is 1.27 bits per heavy atom. The first-order valence-electron chi connectivity index (χ1n) is 4.12. The van der Waals surface area contributed by atoms with Gasteiger partial charge in [-0.1, -0.05) is 0 Å². The van der Waals surface area contributed by atoms with Crippen molar-refractivity contribution in [1.82, 2.24) is 15.0 Å². The summed E-state index contributed by atoms with van der Waals surface area (Å²) in [7, 11) is 0. The number of nitrogens with two attached hydrogens (primary N) is 2. The molecule has 0 saturated heterocycles. The van der Waals surface area contributed by atoms with Crippen molar-refractivity contribution in [2.75, 3.05) is 16.8 Å². The number of aromatic nitrogens is 3. The zero-order valence-electron chi connectivity index (χ0n) is 7.80. The molecule has 0 unspecified atom stereocenters. The Kier molecular flexibility index (Phi) is 3.49. The Balaban J connectivity index is 2.63. The van der Waals surface area contributed by atoms with Crippen molar-refractivity contribution in [3.05, 3.63) is 0 Å². The van der Waals surface area contributed by atoms with Crippen molar-refractivity contribution in [2.45, 2.75) is 12.8 Å². The molecule has 1 heterocycles. The van der Waals surface area contributed by atoms with Crippen LogP contribution in [0.25, 0.3) is 0 Å². The van der Waals surface area contributed by atoms with Gasteiger partial charge in [-0.3, -0.25) is 10.1 Å². The van der Waals surface area contributed by atoms with E-state index in [-0.39, 0.29) is 36.6 Å². The lowest BCUT2D eigenvalue weighted by molar-refractivity contribution is -0.118. The predicted molar refractivity (Wildman–Crippen MR) is 52.6 cm³/mol. The first kappa shape index (κ1) is 10.8. The minimum Gasteiger partial charge on any atom is -0.368 e. The number of nitrogen functional groups attached to an aromatic ring is 2. The van der Waals surface area contributed by atoms with E-state index in [0.717, 1.165) is 0 Å². The molecule has 5 N–H and O–H groups in total. The van der Waals surface area contributed by atoms with Crippen molar-refractivity contribution in [2.24, 2.45) is 0 Å². The van der Waals surface area contributed by atoms with Gasteiger partial charge >= 0.3 is 0 Å². The highest BCUT2D eigenvalue weighted by molar-refractivity contribution is 5.90. The van der Waals surface area contributed by atoms with Crippen LogP contribution in [-0.4, -0.2) is 27.1 Å². The van der Waals surface area contributed by atoms with E-state index < -0.39 is 0 Å². The van der Waals surface area contributed by atoms with Crippen LogP contribution in [0.5, 0.6) is 0 Å². The van der Waals surface area contributed by atoms with Gasteiger partial charge in [-0.05, 0) is 0 Å². The SMILES string of the molecule is Nc1nc(N)nc(NC(=O)CCC=O)n1. The van der Waals surface area contributed by atoms with Crippen LogP contribution in [0.15, 0.2) is 0 Å². The van der Waals surface area contributed by atoms with E-state index in [9.17, 15) is 9.59 Å². The molecule has 1 rings (SSSR count). The maximum atomic E-state index is 11.1. The van der Waals surface area contributed by atoms with Crippen molar-refractivity contribution in [3.8, 4) is 0 Å². The third-order valence-corrected chi connectivity index (χ3v) is 1.41. The Bertz CT molecular complexity index is 359. The quantitative estimate of drug-likeness (QED) is 0.539. The molecule has 0 fully saturated rings. The molecular formula is C7H10N6O2. The van der Waals surface area contributed by atoms with Gasteiger partial charge in [0.2, 0.25) is 23.8 Å². The normalized spacial score (nSPS) is 9.60. The molecule has 0 spiro atoms. The van der Waals surface area contributed by atoms with Crippen LogP contribution < -0.4 is 16.8 Å². The molecule has 0 bridgehead atoms. The van der Waals surface area contributed by atoms with Crippen LogP contribution in [0.2, 0.25) is 0 Å². The molecule has 0 aromatic carbocycles. The van der Waals surface area contributed by atoms with E-state index in [0.29, 0.717) is 6.29 Å². The smallest absolute Gasteiger partial charge is 0.236 e. The minimum atomic E-state index is -0.382. The lowest BCUT2D eigenvalue weighted by Crippen LogP contribution is -2.15. The minimum absolute atomic E-state index is 0.0177. The maximum absolute atomic E-state index is 11.1. The average molecular weight is 210 g/mol. The number of amides is 1. The molecule has 0 atom stereocenters. The molecule has 1 amide bonds. The van der Waals surface area contributed by atoms with Crippen LogP contribution in [0.3, 0.4) is 0 Å². The summed E-state index contributed by atoms with van der Waals surface area (Å²) in [4.78, 5) is 32.0. The maximum Gasteiger partial charge on any atom is 0.236 e. The highest BCUT2D eigenvalue weighted by Gasteiger charge is 2.06. The summed E-state index contributed by atoms with van der Waals surface area (Å²) in [6, 6.07) is 0. The summed E-state index contributed by atoms with van der Waals surface area (Å²) in [6.07, 6.45) is 0.854. The van der Waals surface area contributed by atoms with Crippen LogP contribution in [0.1, 0.15) is 12.8 Å². The summed E-state index contributed by atoms with van der Waals surface area (Å²) in [6.45, 7) is 0. The Morgan fingerprint density at radius 2 is 1.87 bits per heavy atom. The molecule has 0 saturated carbocycles. The van der Waals surface area contributed by atoms with Crippen molar-refractivity contribution in [1.29, 1.82) is 0 Å². The van der Waals surface area contributed by atoms with Crippen LogP contribution in [0.4, 0.5) is 17.8 Å². The highest BCUT2D eigenvalue weighted by Crippen LogP contribution is 2.03. The fraction of sp³-hybridized carbons (Fsp3) is 0.286. The molecule has 1 aromatic rings. The molecule has 0 radical (unpaired) electrons. The van der Waals surface area contributed by atoms with Crippen molar-refractivity contribution < 1.29 is 9.59 Å². The van der Waals surface area contributed by atoms with Crippen LogP contribution in [0, 0.1) is 0 Å². The van der Waals surface area contributed by atoms with Gasteiger partial charge in [0.1, 0.15) is 6.29 Å². The topological polar surface area (TPSA) is 137 Å². The zero-order valence-corrected chi connectivity index (χ0v) is 7.80. The highest BCUT2D eigenvalue weighted by atomic mass is 16.2. The number of rotatable bonds is 4. The summed E-state index contributed by atoms with van der Waals surface area (Å²) < 4.78 is 0.